The van der Waals surface area contributed by atoms with Crippen LogP contribution < -0.4 is 4.74 Å². The number of rotatable bonds is 7. The molecule has 0 aliphatic carbocycles. The second-order valence-electron chi connectivity index (χ2n) is 8.75. The summed E-state index contributed by atoms with van der Waals surface area (Å²) in [4.78, 5) is 14.9. The molecule has 0 spiro atoms. The van der Waals surface area contributed by atoms with E-state index < -0.39 is 23.8 Å². The second kappa shape index (κ2) is 9.89. The van der Waals surface area contributed by atoms with Crippen molar-refractivity contribution in [2.24, 2.45) is 5.92 Å². The van der Waals surface area contributed by atoms with Crippen molar-refractivity contribution in [3.05, 3.63) is 95.1 Å². The molecule has 0 N–H and O–H groups in total. The van der Waals surface area contributed by atoms with Crippen molar-refractivity contribution in [1.29, 1.82) is 0 Å². The lowest BCUT2D eigenvalue weighted by Crippen LogP contribution is -2.42. The molecule has 7 heteroatoms. The van der Waals surface area contributed by atoms with Crippen molar-refractivity contribution >= 4 is 5.97 Å². The van der Waals surface area contributed by atoms with E-state index >= 15 is 0 Å². The Balaban J connectivity index is 1.41. The summed E-state index contributed by atoms with van der Waals surface area (Å²) < 4.78 is 50.7. The highest BCUT2D eigenvalue weighted by molar-refractivity contribution is 5.76. The van der Waals surface area contributed by atoms with Gasteiger partial charge in [-0.3, -0.25) is 9.69 Å². The predicted molar refractivity (Wildman–Crippen MR) is 122 cm³/mol. The molecule has 4 rings (SSSR count). The Hall–Kier alpha value is -3.32. The maximum Gasteiger partial charge on any atom is 0.416 e. The molecule has 1 atom stereocenters. The Kier molecular flexibility index (Phi) is 6.93. The molecule has 0 bridgehead atoms. The van der Waals surface area contributed by atoms with Gasteiger partial charge >= 0.3 is 12.1 Å². The van der Waals surface area contributed by atoms with Crippen LogP contribution in [0.15, 0.2) is 72.8 Å². The fraction of sp³-hybridized carbons (Fsp3) is 0.296. The fourth-order valence-electron chi connectivity index (χ4n) is 4.20. The third-order valence-corrected chi connectivity index (χ3v) is 5.81. The minimum absolute atomic E-state index is 0.0725. The summed E-state index contributed by atoms with van der Waals surface area (Å²) >= 11 is 0. The van der Waals surface area contributed by atoms with Crippen LogP contribution in [0.25, 0.3) is 0 Å². The van der Waals surface area contributed by atoms with Gasteiger partial charge in [-0.2, -0.15) is 13.2 Å². The van der Waals surface area contributed by atoms with E-state index in [1.165, 1.54) is 12.1 Å². The molecule has 0 saturated heterocycles. The highest BCUT2D eigenvalue weighted by Gasteiger charge is 2.36. The SMILES string of the molecule is CC(C)C(C(=O)OCc1cccc(Oc2ccccc2)c1)N1Cc2ccc(C(F)(F)F)cc2C1. The maximum atomic E-state index is 13.1. The summed E-state index contributed by atoms with van der Waals surface area (Å²) in [5.74, 6) is 0.874. The van der Waals surface area contributed by atoms with E-state index in [0.717, 1.165) is 17.2 Å². The molecule has 0 amide bonds. The average molecular weight is 470 g/mol. The minimum Gasteiger partial charge on any atom is -0.460 e. The van der Waals surface area contributed by atoms with E-state index in [1.54, 1.807) is 0 Å². The number of fused-ring (bicyclic) bond motifs is 1. The maximum absolute atomic E-state index is 13.1. The van der Waals surface area contributed by atoms with E-state index in [1.807, 2.05) is 73.3 Å². The molecule has 1 heterocycles. The van der Waals surface area contributed by atoms with Gasteiger partial charge in [0.1, 0.15) is 24.1 Å². The van der Waals surface area contributed by atoms with E-state index in [0.29, 0.717) is 23.6 Å². The van der Waals surface area contributed by atoms with Gasteiger partial charge in [0.05, 0.1) is 5.56 Å². The van der Waals surface area contributed by atoms with Gasteiger partial charge in [-0.05, 0) is 59.0 Å². The van der Waals surface area contributed by atoms with Gasteiger partial charge in [0.15, 0.2) is 0 Å². The zero-order valence-electron chi connectivity index (χ0n) is 19.0. The van der Waals surface area contributed by atoms with Crippen molar-refractivity contribution in [1.82, 2.24) is 4.90 Å². The van der Waals surface area contributed by atoms with Crippen molar-refractivity contribution in [3.63, 3.8) is 0 Å². The van der Waals surface area contributed by atoms with Crippen LogP contribution in [0.5, 0.6) is 11.5 Å². The topological polar surface area (TPSA) is 38.8 Å². The second-order valence-corrected chi connectivity index (χ2v) is 8.75. The number of carbonyl (C=O) groups is 1. The minimum atomic E-state index is -4.39. The van der Waals surface area contributed by atoms with Crippen molar-refractivity contribution < 1.29 is 27.4 Å². The summed E-state index contributed by atoms with van der Waals surface area (Å²) in [6, 6.07) is 19.9. The van der Waals surface area contributed by atoms with Crippen LogP contribution in [0, 0.1) is 5.92 Å². The lowest BCUT2D eigenvalue weighted by molar-refractivity contribution is -0.153. The molecule has 1 unspecified atom stereocenters. The summed E-state index contributed by atoms with van der Waals surface area (Å²) in [5.41, 5.74) is 1.51. The third kappa shape index (κ3) is 5.59. The molecule has 3 aromatic carbocycles. The Labute approximate surface area is 196 Å². The van der Waals surface area contributed by atoms with Crippen LogP contribution in [0.1, 0.15) is 36.1 Å². The van der Waals surface area contributed by atoms with Gasteiger partial charge in [0.25, 0.3) is 0 Å². The number of alkyl halides is 3. The molecule has 0 aromatic heterocycles. The first kappa shape index (κ1) is 23.8. The largest absolute Gasteiger partial charge is 0.460 e. The normalized spacial score (nSPS) is 14.6. The van der Waals surface area contributed by atoms with Gasteiger partial charge in [0, 0.05) is 13.1 Å². The Morgan fingerprint density at radius 3 is 2.32 bits per heavy atom. The van der Waals surface area contributed by atoms with Crippen molar-refractivity contribution in [3.8, 4) is 11.5 Å². The van der Waals surface area contributed by atoms with Gasteiger partial charge < -0.3 is 9.47 Å². The Morgan fingerprint density at radius 2 is 1.62 bits per heavy atom. The lowest BCUT2D eigenvalue weighted by Gasteiger charge is -2.28. The molecule has 0 radical (unpaired) electrons. The molecule has 1 aliphatic rings. The average Bonchev–Trinajstić information content (AvgIpc) is 3.20. The van der Waals surface area contributed by atoms with Gasteiger partial charge in [-0.15, -0.1) is 0 Å². The molecular formula is C27H26F3NO3. The highest BCUT2D eigenvalue weighted by atomic mass is 19.4. The molecule has 1 aliphatic heterocycles. The fourth-order valence-corrected chi connectivity index (χ4v) is 4.20. The number of benzene rings is 3. The van der Waals surface area contributed by atoms with Gasteiger partial charge in [-0.1, -0.05) is 50.2 Å². The number of esters is 1. The molecule has 0 fully saturated rings. The van der Waals surface area contributed by atoms with E-state index in [2.05, 4.69) is 0 Å². The van der Waals surface area contributed by atoms with E-state index in [-0.39, 0.29) is 19.1 Å². The monoisotopic (exact) mass is 469 g/mol. The van der Waals surface area contributed by atoms with Crippen LogP contribution in [0.3, 0.4) is 0 Å². The third-order valence-electron chi connectivity index (χ3n) is 5.81. The summed E-state index contributed by atoms with van der Waals surface area (Å²) in [5, 5.41) is 0. The quantitative estimate of drug-likeness (QED) is 0.367. The number of nitrogens with zero attached hydrogens (tertiary/aromatic N) is 1. The van der Waals surface area contributed by atoms with E-state index in [9.17, 15) is 18.0 Å². The molecule has 0 saturated carbocycles. The zero-order chi connectivity index (χ0) is 24.3. The number of hydrogen-bond donors (Lipinski definition) is 0. The Bertz CT molecular complexity index is 1150. The van der Waals surface area contributed by atoms with Crippen molar-refractivity contribution in [2.75, 3.05) is 0 Å². The first-order valence-corrected chi connectivity index (χ1v) is 11.1. The van der Waals surface area contributed by atoms with Crippen LogP contribution in [-0.2, 0) is 35.4 Å². The van der Waals surface area contributed by atoms with Crippen LogP contribution >= 0.6 is 0 Å². The van der Waals surface area contributed by atoms with Crippen LogP contribution in [0.4, 0.5) is 13.2 Å². The summed E-state index contributed by atoms with van der Waals surface area (Å²) in [6.45, 7) is 4.57. The molecule has 4 nitrogen and oxygen atoms in total. The Morgan fingerprint density at radius 1 is 0.912 bits per heavy atom. The van der Waals surface area contributed by atoms with Gasteiger partial charge in [-0.25, -0.2) is 0 Å². The van der Waals surface area contributed by atoms with Crippen LogP contribution in [-0.4, -0.2) is 16.9 Å². The number of halogens is 3. The first-order valence-electron chi connectivity index (χ1n) is 11.1. The van der Waals surface area contributed by atoms with Gasteiger partial charge in [0.2, 0.25) is 0 Å². The van der Waals surface area contributed by atoms with E-state index in [4.69, 9.17) is 9.47 Å². The standard InChI is InChI=1S/C27H26F3NO3/c1-18(2)25(31-15-20-11-12-22(27(28,29)30)14-21(20)16-31)26(32)33-17-19-7-6-10-24(13-19)34-23-8-4-3-5-9-23/h3-14,18,25H,15-17H2,1-2H3. The highest BCUT2D eigenvalue weighted by Crippen LogP contribution is 2.34. The molecule has 34 heavy (non-hydrogen) atoms. The predicted octanol–water partition coefficient (Wildman–Crippen LogP) is 6.58. The number of para-hydroxylation sites is 1. The molecular weight excluding hydrogens is 443 g/mol. The zero-order valence-corrected chi connectivity index (χ0v) is 19.0. The number of ether oxygens (including phenoxy) is 2. The summed E-state index contributed by atoms with van der Waals surface area (Å²) in [7, 11) is 0. The van der Waals surface area contributed by atoms with Crippen LogP contribution in [0.2, 0.25) is 0 Å². The smallest absolute Gasteiger partial charge is 0.416 e. The number of hydrogen-bond acceptors (Lipinski definition) is 4. The van der Waals surface area contributed by atoms with Crippen molar-refractivity contribution in [2.45, 2.75) is 45.8 Å². The first-order chi connectivity index (χ1) is 16.2. The summed E-state index contributed by atoms with van der Waals surface area (Å²) in [6.07, 6.45) is -4.39. The molecule has 3 aromatic rings. The molecule has 178 valence electrons. The lowest BCUT2D eigenvalue weighted by atomic mass is 10.0. The number of carbonyl (C=O) groups excluding carboxylic acids is 1.